The summed E-state index contributed by atoms with van der Waals surface area (Å²) in [6, 6.07) is 15.8. The highest BCUT2D eigenvalue weighted by molar-refractivity contribution is 5.30. The van der Waals surface area contributed by atoms with E-state index in [1.807, 2.05) is 24.3 Å². The number of phenols is 2. The molecular formula is C25H34O2. The summed E-state index contributed by atoms with van der Waals surface area (Å²) in [7, 11) is 0. The maximum atomic E-state index is 9.69. The van der Waals surface area contributed by atoms with Crippen molar-refractivity contribution in [2.45, 2.75) is 70.6 Å². The average Bonchev–Trinajstić information content (AvgIpc) is 2.71. The quantitative estimate of drug-likeness (QED) is 0.555. The van der Waals surface area contributed by atoms with E-state index in [9.17, 15) is 10.2 Å². The fourth-order valence-electron chi connectivity index (χ4n) is 4.90. The van der Waals surface area contributed by atoms with Crippen LogP contribution in [-0.4, -0.2) is 10.2 Å². The topological polar surface area (TPSA) is 40.5 Å². The molecule has 1 saturated carbocycles. The molecular weight excluding hydrogens is 332 g/mol. The minimum atomic E-state index is 0.352. The highest BCUT2D eigenvalue weighted by Gasteiger charge is 2.30. The van der Waals surface area contributed by atoms with Crippen LogP contribution in [0, 0.1) is 11.8 Å². The lowest BCUT2D eigenvalue weighted by atomic mass is 9.69. The predicted molar refractivity (Wildman–Crippen MR) is 112 cm³/mol. The molecule has 2 aromatic carbocycles. The monoisotopic (exact) mass is 366 g/mol. The van der Waals surface area contributed by atoms with Crippen molar-refractivity contribution in [3.63, 3.8) is 0 Å². The normalized spacial score (nSPS) is 21.3. The smallest absolute Gasteiger partial charge is 0.115 e. The molecule has 1 atom stereocenters. The second-order valence-electron chi connectivity index (χ2n) is 8.32. The molecule has 2 aromatic rings. The van der Waals surface area contributed by atoms with Gasteiger partial charge < -0.3 is 10.2 Å². The summed E-state index contributed by atoms with van der Waals surface area (Å²) in [5.41, 5.74) is 2.76. The SMILES string of the molecule is CCC(CC)CC(c1ccc(O)cc1)C1CCC(c2ccc(O)cc2)CC1. The molecule has 3 rings (SSSR count). The van der Waals surface area contributed by atoms with Crippen LogP contribution in [-0.2, 0) is 0 Å². The van der Waals surface area contributed by atoms with E-state index in [1.165, 1.54) is 56.1 Å². The maximum Gasteiger partial charge on any atom is 0.115 e. The van der Waals surface area contributed by atoms with Gasteiger partial charge in [-0.3, -0.25) is 0 Å². The Hall–Kier alpha value is -1.96. The predicted octanol–water partition coefficient (Wildman–Crippen LogP) is 6.98. The summed E-state index contributed by atoms with van der Waals surface area (Å²) in [4.78, 5) is 0. The molecule has 0 radical (unpaired) electrons. The number of benzene rings is 2. The van der Waals surface area contributed by atoms with Gasteiger partial charge in [0.05, 0.1) is 0 Å². The van der Waals surface area contributed by atoms with Crippen LogP contribution in [0.1, 0.15) is 81.8 Å². The largest absolute Gasteiger partial charge is 0.508 e. The molecule has 146 valence electrons. The Balaban J connectivity index is 1.71. The summed E-state index contributed by atoms with van der Waals surface area (Å²) in [6.07, 6.45) is 8.72. The molecule has 1 unspecified atom stereocenters. The third kappa shape index (κ3) is 5.06. The van der Waals surface area contributed by atoms with Gasteiger partial charge in [0.25, 0.3) is 0 Å². The number of hydrogen-bond acceptors (Lipinski definition) is 2. The van der Waals surface area contributed by atoms with E-state index in [-0.39, 0.29) is 0 Å². The third-order valence-electron chi connectivity index (χ3n) is 6.77. The molecule has 2 N–H and O–H groups in total. The van der Waals surface area contributed by atoms with Crippen molar-refractivity contribution < 1.29 is 10.2 Å². The molecule has 2 heteroatoms. The zero-order valence-electron chi connectivity index (χ0n) is 16.8. The van der Waals surface area contributed by atoms with E-state index in [4.69, 9.17) is 0 Å². The summed E-state index contributed by atoms with van der Waals surface area (Å²) in [6.45, 7) is 4.62. The van der Waals surface area contributed by atoms with Crippen LogP contribution in [0.25, 0.3) is 0 Å². The molecule has 0 aliphatic heterocycles. The lowest BCUT2D eigenvalue weighted by molar-refractivity contribution is 0.247. The Bertz CT molecular complexity index is 677. The van der Waals surface area contributed by atoms with Crippen molar-refractivity contribution in [3.05, 3.63) is 59.7 Å². The van der Waals surface area contributed by atoms with Gasteiger partial charge in [0.1, 0.15) is 11.5 Å². The molecule has 0 saturated heterocycles. The van der Waals surface area contributed by atoms with E-state index < -0.39 is 0 Å². The summed E-state index contributed by atoms with van der Waals surface area (Å²) in [5, 5.41) is 19.2. The molecule has 0 heterocycles. The average molecular weight is 367 g/mol. The molecule has 1 aliphatic rings. The van der Waals surface area contributed by atoms with Crippen LogP contribution < -0.4 is 0 Å². The summed E-state index contributed by atoms with van der Waals surface area (Å²) in [5.74, 6) is 3.43. The second kappa shape index (κ2) is 9.30. The summed E-state index contributed by atoms with van der Waals surface area (Å²) < 4.78 is 0. The van der Waals surface area contributed by atoms with Gasteiger partial charge in [-0.2, -0.15) is 0 Å². The van der Waals surface area contributed by atoms with Crippen LogP contribution in [0.2, 0.25) is 0 Å². The van der Waals surface area contributed by atoms with Gasteiger partial charge in [-0.1, -0.05) is 51.0 Å². The second-order valence-corrected chi connectivity index (χ2v) is 8.32. The fraction of sp³-hybridized carbons (Fsp3) is 0.520. The van der Waals surface area contributed by atoms with Crippen LogP contribution >= 0.6 is 0 Å². The molecule has 0 amide bonds. The standard InChI is InChI=1S/C25H34O2/c1-3-18(4-2)17-25(22-11-15-24(27)16-12-22)21-7-5-19(6-8-21)20-9-13-23(26)14-10-20/h9-16,18-19,21,25-27H,3-8,17H2,1-2H3. The van der Waals surface area contributed by atoms with Crippen molar-refractivity contribution in [3.8, 4) is 11.5 Å². The van der Waals surface area contributed by atoms with E-state index in [1.54, 1.807) is 0 Å². The molecule has 0 bridgehead atoms. The molecule has 1 fully saturated rings. The van der Waals surface area contributed by atoms with Crippen molar-refractivity contribution in [2.75, 3.05) is 0 Å². The molecule has 2 nitrogen and oxygen atoms in total. The number of rotatable bonds is 7. The molecule has 0 spiro atoms. The first-order valence-corrected chi connectivity index (χ1v) is 10.7. The number of phenolic OH excluding ortho intramolecular Hbond substituents is 2. The summed E-state index contributed by atoms with van der Waals surface area (Å²) >= 11 is 0. The van der Waals surface area contributed by atoms with Crippen LogP contribution in [0.15, 0.2) is 48.5 Å². The maximum absolute atomic E-state index is 9.69. The van der Waals surface area contributed by atoms with Gasteiger partial charge >= 0.3 is 0 Å². The van der Waals surface area contributed by atoms with Crippen LogP contribution in [0.4, 0.5) is 0 Å². The molecule has 0 aromatic heterocycles. The first-order valence-electron chi connectivity index (χ1n) is 10.7. The first-order chi connectivity index (χ1) is 13.1. The zero-order chi connectivity index (χ0) is 19.2. The Morgan fingerprint density at radius 1 is 0.778 bits per heavy atom. The van der Waals surface area contributed by atoms with Crippen LogP contribution in [0.3, 0.4) is 0 Å². The van der Waals surface area contributed by atoms with Crippen molar-refractivity contribution in [2.24, 2.45) is 11.8 Å². The first kappa shape index (κ1) is 19.8. The van der Waals surface area contributed by atoms with Crippen molar-refractivity contribution in [1.29, 1.82) is 0 Å². The minimum absolute atomic E-state index is 0.352. The Kier molecular flexibility index (Phi) is 6.82. The lowest BCUT2D eigenvalue weighted by Crippen LogP contribution is -2.22. The van der Waals surface area contributed by atoms with Crippen molar-refractivity contribution in [1.82, 2.24) is 0 Å². The van der Waals surface area contributed by atoms with Gasteiger partial charge in [0.15, 0.2) is 0 Å². The van der Waals surface area contributed by atoms with Crippen LogP contribution in [0.5, 0.6) is 11.5 Å². The lowest BCUT2D eigenvalue weighted by Gasteiger charge is -2.36. The van der Waals surface area contributed by atoms with Gasteiger partial charge in [0.2, 0.25) is 0 Å². The Morgan fingerprint density at radius 3 is 1.81 bits per heavy atom. The van der Waals surface area contributed by atoms with Gasteiger partial charge in [-0.25, -0.2) is 0 Å². The Morgan fingerprint density at radius 2 is 1.30 bits per heavy atom. The van der Waals surface area contributed by atoms with E-state index in [0.29, 0.717) is 23.3 Å². The number of hydrogen-bond donors (Lipinski definition) is 2. The number of aromatic hydroxyl groups is 2. The fourth-order valence-corrected chi connectivity index (χ4v) is 4.90. The van der Waals surface area contributed by atoms with E-state index in [0.717, 1.165) is 11.8 Å². The Labute approximate surface area is 164 Å². The van der Waals surface area contributed by atoms with Gasteiger partial charge in [-0.05, 0) is 91.2 Å². The zero-order valence-corrected chi connectivity index (χ0v) is 16.8. The van der Waals surface area contributed by atoms with E-state index >= 15 is 0 Å². The molecule has 27 heavy (non-hydrogen) atoms. The molecule has 1 aliphatic carbocycles. The minimum Gasteiger partial charge on any atom is -0.508 e. The highest BCUT2D eigenvalue weighted by Crippen LogP contribution is 2.45. The van der Waals surface area contributed by atoms with Crippen molar-refractivity contribution >= 4 is 0 Å². The highest BCUT2D eigenvalue weighted by atomic mass is 16.3. The van der Waals surface area contributed by atoms with Gasteiger partial charge in [0, 0.05) is 0 Å². The third-order valence-corrected chi connectivity index (χ3v) is 6.77. The van der Waals surface area contributed by atoms with E-state index in [2.05, 4.69) is 38.1 Å². The van der Waals surface area contributed by atoms with Gasteiger partial charge in [-0.15, -0.1) is 0 Å².